The number of nitrogens with zero attached hydrogens (tertiary/aromatic N) is 3. The maximum atomic E-state index is 6.20. The number of nitrogens with two attached hydrogens (primary N) is 1. The summed E-state index contributed by atoms with van der Waals surface area (Å²) in [6, 6.07) is 4.39. The predicted molar refractivity (Wildman–Crippen MR) is 91.4 cm³/mol. The Morgan fingerprint density at radius 3 is 2.86 bits per heavy atom. The van der Waals surface area contributed by atoms with E-state index in [1.54, 1.807) is 18.6 Å². The van der Waals surface area contributed by atoms with E-state index in [9.17, 15) is 0 Å². The fourth-order valence-corrected chi connectivity index (χ4v) is 2.88. The van der Waals surface area contributed by atoms with Gasteiger partial charge in [0.25, 0.3) is 0 Å². The quantitative estimate of drug-likeness (QED) is 0.897. The van der Waals surface area contributed by atoms with Crippen LogP contribution in [0.3, 0.4) is 0 Å². The molecule has 7 heteroatoms. The third-order valence-electron chi connectivity index (χ3n) is 3.73. The van der Waals surface area contributed by atoms with E-state index in [0.717, 1.165) is 31.2 Å². The number of halogens is 2. The highest BCUT2D eigenvalue weighted by molar-refractivity contribution is 6.32. The summed E-state index contributed by atoms with van der Waals surface area (Å²) in [5.74, 6) is 0.595. The topological polar surface area (TPSA) is 76.7 Å². The third-order valence-corrected chi connectivity index (χ3v) is 4.00. The van der Waals surface area contributed by atoms with Gasteiger partial charge in [-0.05, 0) is 37.8 Å². The van der Waals surface area contributed by atoms with Crippen molar-refractivity contribution in [3.8, 4) is 11.3 Å². The first-order chi connectivity index (χ1) is 10.2. The highest BCUT2D eigenvalue weighted by Crippen LogP contribution is 2.26. The van der Waals surface area contributed by atoms with Crippen LogP contribution in [0.15, 0.2) is 30.7 Å². The molecule has 22 heavy (non-hydrogen) atoms. The third kappa shape index (κ3) is 4.06. The van der Waals surface area contributed by atoms with E-state index in [1.165, 1.54) is 0 Å². The van der Waals surface area contributed by atoms with Gasteiger partial charge >= 0.3 is 0 Å². The first-order valence-electron chi connectivity index (χ1n) is 7.17. The molecule has 1 fully saturated rings. The first-order valence-corrected chi connectivity index (χ1v) is 7.55. The van der Waals surface area contributed by atoms with Gasteiger partial charge in [-0.15, -0.1) is 12.4 Å². The zero-order valence-electron chi connectivity index (χ0n) is 12.1. The maximum absolute atomic E-state index is 6.20. The van der Waals surface area contributed by atoms with Crippen molar-refractivity contribution in [1.82, 2.24) is 15.0 Å². The van der Waals surface area contributed by atoms with Crippen LogP contribution in [0.4, 0.5) is 5.95 Å². The van der Waals surface area contributed by atoms with Crippen molar-refractivity contribution in [1.29, 1.82) is 0 Å². The summed E-state index contributed by atoms with van der Waals surface area (Å²) in [5, 5.41) is 3.89. The Morgan fingerprint density at radius 1 is 1.27 bits per heavy atom. The minimum Gasteiger partial charge on any atom is -0.351 e. The minimum atomic E-state index is 0. The molecule has 0 aliphatic heterocycles. The molecule has 0 aromatic carbocycles. The van der Waals surface area contributed by atoms with Crippen LogP contribution in [-0.4, -0.2) is 27.0 Å². The molecule has 0 bridgehead atoms. The van der Waals surface area contributed by atoms with Crippen molar-refractivity contribution < 1.29 is 0 Å². The van der Waals surface area contributed by atoms with Crippen molar-refractivity contribution >= 4 is 30.0 Å². The van der Waals surface area contributed by atoms with Crippen molar-refractivity contribution in [3.05, 3.63) is 35.7 Å². The van der Waals surface area contributed by atoms with E-state index in [4.69, 9.17) is 17.3 Å². The molecule has 1 saturated carbocycles. The minimum absolute atomic E-state index is 0. The smallest absolute Gasteiger partial charge is 0.223 e. The molecule has 1 aliphatic carbocycles. The highest BCUT2D eigenvalue weighted by atomic mass is 35.5. The summed E-state index contributed by atoms with van der Waals surface area (Å²) < 4.78 is 0. The van der Waals surface area contributed by atoms with Gasteiger partial charge in [-0.25, -0.2) is 9.97 Å². The Morgan fingerprint density at radius 2 is 2.14 bits per heavy atom. The van der Waals surface area contributed by atoms with Crippen molar-refractivity contribution in [2.45, 2.75) is 37.8 Å². The van der Waals surface area contributed by atoms with Crippen molar-refractivity contribution in [2.75, 3.05) is 5.32 Å². The molecule has 0 spiro atoms. The van der Waals surface area contributed by atoms with Crippen molar-refractivity contribution in [3.63, 3.8) is 0 Å². The van der Waals surface area contributed by atoms with E-state index in [1.807, 2.05) is 12.1 Å². The Kier molecular flexibility index (Phi) is 5.94. The van der Waals surface area contributed by atoms with Crippen LogP contribution in [0, 0.1) is 0 Å². The van der Waals surface area contributed by atoms with Gasteiger partial charge in [0, 0.05) is 30.0 Å². The van der Waals surface area contributed by atoms with Gasteiger partial charge in [0.05, 0.1) is 16.9 Å². The molecule has 118 valence electrons. The molecule has 0 unspecified atom stereocenters. The molecule has 0 saturated heterocycles. The zero-order chi connectivity index (χ0) is 14.7. The van der Waals surface area contributed by atoms with Crippen LogP contribution < -0.4 is 11.1 Å². The molecule has 2 atom stereocenters. The fourth-order valence-electron chi connectivity index (χ4n) is 2.68. The lowest BCUT2D eigenvalue weighted by Crippen LogP contribution is -2.35. The number of hydrogen-bond acceptors (Lipinski definition) is 5. The number of hydrogen-bond donors (Lipinski definition) is 2. The standard InChI is InChI=1S/C15H18ClN5.ClH/c16-13-9-19-15(20-12-5-1-4-11(17)7-12)21-14(13)10-3-2-6-18-8-10;/h2-3,6,8-9,11-12H,1,4-5,7,17H2,(H,19,20,21);1H/t11-,12+;/m0./s1. The van der Waals surface area contributed by atoms with Crippen molar-refractivity contribution in [2.24, 2.45) is 5.73 Å². The van der Waals surface area contributed by atoms with Gasteiger partial charge in [0.15, 0.2) is 0 Å². The zero-order valence-corrected chi connectivity index (χ0v) is 13.6. The Bertz CT molecular complexity index is 608. The van der Waals surface area contributed by atoms with Gasteiger partial charge in [-0.1, -0.05) is 11.6 Å². The first kappa shape index (κ1) is 16.9. The average Bonchev–Trinajstić information content (AvgIpc) is 2.50. The number of nitrogens with one attached hydrogen (secondary N) is 1. The molecule has 2 heterocycles. The number of rotatable bonds is 3. The lowest BCUT2D eigenvalue weighted by Gasteiger charge is -2.27. The largest absolute Gasteiger partial charge is 0.351 e. The molecule has 1 aliphatic rings. The van der Waals surface area contributed by atoms with Crippen LogP contribution in [-0.2, 0) is 0 Å². The molecule has 2 aromatic rings. The number of anilines is 1. The molecule has 3 N–H and O–H groups in total. The van der Waals surface area contributed by atoms with Crippen LogP contribution in [0.2, 0.25) is 5.02 Å². The van der Waals surface area contributed by atoms with E-state index >= 15 is 0 Å². The number of pyridine rings is 1. The van der Waals surface area contributed by atoms with E-state index in [0.29, 0.717) is 22.7 Å². The average molecular weight is 340 g/mol. The van der Waals surface area contributed by atoms with E-state index in [2.05, 4.69) is 20.3 Å². The number of aromatic nitrogens is 3. The monoisotopic (exact) mass is 339 g/mol. The molecule has 0 amide bonds. The van der Waals surface area contributed by atoms with Crippen LogP contribution in [0.1, 0.15) is 25.7 Å². The fraction of sp³-hybridized carbons (Fsp3) is 0.400. The van der Waals surface area contributed by atoms with E-state index in [-0.39, 0.29) is 18.4 Å². The molecule has 2 aromatic heterocycles. The highest BCUT2D eigenvalue weighted by Gasteiger charge is 2.20. The Labute approximate surface area is 141 Å². The predicted octanol–water partition coefficient (Wildman–Crippen LogP) is 3.30. The molecular weight excluding hydrogens is 321 g/mol. The van der Waals surface area contributed by atoms with Gasteiger partial charge < -0.3 is 11.1 Å². The second-order valence-corrected chi connectivity index (χ2v) is 5.81. The van der Waals surface area contributed by atoms with Crippen LogP contribution >= 0.6 is 24.0 Å². The lowest BCUT2D eigenvalue weighted by atomic mass is 9.92. The summed E-state index contributed by atoms with van der Waals surface area (Å²) in [6.07, 6.45) is 9.39. The Hall–Kier alpha value is -1.43. The molecule has 3 rings (SSSR count). The molecule has 5 nitrogen and oxygen atoms in total. The second kappa shape index (κ2) is 7.72. The van der Waals surface area contributed by atoms with Gasteiger partial charge in [0.2, 0.25) is 5.95 Å². The summed E-state index contributed by atoms with van der Waals surface area (Å²) in [6.45, 7) is 0. The lowest BCUT2D eigenvalue weighted by molar-refractivity contribution is 0.408. The van der Waals surface area contributed by atoms with Gasteiger partial charge in [-0.3, -0.25) is 4.98 Å². The normalized spacial score (nSPS) is 21.0. The van der Waals surface area contributed by atoms with E-state index < -0.39 is 0 Å². The molecule has 0 radical (unpaired) electrons. The Balaban J connectivity index is 0.00000176. The summed E-state index contributed by atoms with van der Waals surface area (Å²) >= 11 is 6.20. The van der Waals surface area contributed by atoms with Gasteiger partial charge in [-0.2, -0.15) is 0 Å². The summed E-state index contributed by atoms with van der Waals surface area (Å²) in [5.41, 5.74) is 7.59. The van der Waals surface area contributed by atoms with Crippen LogP contribution in [0.25, 0.3) is 11.3 Å². The summed E-state index contributed by atoms with van der Waals surface area (Å²) in [4.78, 5) is 12.9. The van der Waals surface area contributed by atoms with Crippen LogP contribution in [0.5, 0.6) is 0 Å². The van der Waals surface area contributed by atoms with Gasteiger partial charge in [0.1, 0.15) is 0 Å². The SMILES string of the molecule is Cl.N[C@H]1CCC[C@@H](Nc2ncc(Cl)c(-c3cccnc3)n2)C1. The second-order valence-electron chi connectivity index (χ2n) is 5.40. The maximum Gasteiger partial charge on any atom is 0.223 e. The molecular formula is C15H19Cl2N5. The summed E-state index contributed by atoms with van der Waals surface area (Å²) in [7, 11) is 0.